The Labute approximate surface area is 125 Å². The monoisotopic (exact) mass is 291 g/mol. The van der Waals surface area contributed by atoms with Crippen LogP contribution in [0.25, 0.3) is 0 Å². The molecule has 0 unspecified atom stereocenters. The Balaban J connectivity index is 1.88. The van der Waals surface area contributed by atoms with Crippen molar-refractivity contribution in [3.63, 3.8) is 0 Å². The largest absolute Gasteiger partial charge is 0.488 e. The maximum absolute atomic E-state index is 11.3. The summed E-state index contributed by atoms with van der Waals surface area (Å²) in [5.41, 5.74) is 1.51. The van der Waals surface area contributed by atoms with Gasteiger partial charge in [-0.25, -0.2) is 0 Å². The number of hydrogen-bond acceptors (Lipinski definition) is 5. The predicted molar refractivity (Wildman–Crippen MR) is 80.9 cm³/mol. The van der Waals surface area contributed by atoms with Crippen molar-refractivity contribution < 1.29 is 19.6 Å². The Bertz CT molecular complexity index is 472. The van der Waals surface area contributed by atoms with E-state index >= 15 is 0 Å². The summed E-state index contributed by atoms with van der Waals surface area (Å²) in [7, 11) is -0.00716. The maximum atomic E-state index is 11.3. The third-order valence-corrected chi connectivity index (χ3v) is 4.12. The molecule has 6 heteroatoms. The fourth-order valence-electron chi connectivity index (χ4n) is 2.84. The molecule has 0 aromatic heterocycles. The molecule has 0 amide bonds. The number of methoxy groups -OCH3 is 1. The van der Waals surface area contributed by atoms with Gasteiger partial charge in [-0.05, 0) is 42.9 Å². The number of hydrogen-bond donors (Lipinski definition) is 2. The zero-order valence-electron chi connectivity index (χ0n) is 12.4. The summed E-state index contributed by atoms with van der Waals surface area (Å²) in [4.78, 5) is 13.6. The quantitative estimate of drug-likeness (QED) is 0.596. The molecule has 0 spiro atoms. The minimum absolute atomic E-state index is 0.137. The summed E-state index contributed by atoms with van der Waals surface area (Å²) in [5, 5.41) is 18.8. The first-order valence-electron chi connectivity index (χ1n) is 7.33. The lowest BCUT2D eigenvalue weighted by Gasteiger charge is -2.32. The van der Waals surface area contributed by atoms with E-state index in [1.165, 1.54) is 7.11 Å². The van der Waals surface area contributed by atoms with Crippen molar-refractivity contribution in [2.45, 2.75) is 25.8 Å². The molecule has 1 saturated heterocycles. The molecule has 0 bridgehead atoms. The number of benzene rings is 1. The number of piperidine rings is 1. The van der Waals surface area contributed by atoms with E-state index in [0.717, 1.165) is 31.5 Å². The van der Waals surface area contributed by atoms with Gasteiger partial charge in [-0.2, -0.15) is 0 Å². The van der Waals surface area contributed by atoms with Crippen molar-refractivity contribution >= 4 is 18.6 Å². The van der Waals surface area contributed by atoms with Crippen LogP contribution in [0, 0.1) is 5.92 Å². The summed E-state index contributed by atoms with van der Waals surface area (Å²) in [6.07, 6.45) is 2.44. The first-order valence-corrected chi connectivity index (χ1v) is 7.33. The third-order valence-electron chi connectivity index (χ3n) is 4.12. The van der Waals surface area contributed by atoms with Crippen molar-refractivity contribution in [3.05, 3.63) is 29.8 Å². The van der Waals surface area contributed by atoms with Crippen LogP contribution in [-0.4, -0.2) is 48.2 Å². The molecule has 2 N–H and O–H groups in total. The molecule has 1 aliphatic rings. The summed E-state index contributed by atoms with van der Waals surface area (Å²) in [5.74, 6) is 0.259. The number of carbonyl (C=O) groups excluding carboxylic acids is 1. The van der Waals surface area contributed by atoms with E-state index in [4.69, 9.17) is 4.74 Å². The Kier molecular flexibility index (Phi) is 5.79. The molecular formula is C15H22BNO4. The standard InChI is InChI=1S/C15H22BNO4/c1-21-15(18)10-12-6-8-17(9-7-12)11-13-4-2-3-5-14(13)16(19)20/h2-5,12,19-20H,6-11H2,1H3. The van der Waals surface area contributed by atoms with Gasteiger partial charge in [0.05, 0.1) is 7.11 Å². The lowest BCUT2D eigenvalue weighted by atomic mass is 9.77. The second-order valence-electron chi connectivity index (χ2n) is 5.57. The Morgan fingerprint density at radius 1 is 1.33 bits per heavy atom. The van der Waals surface area contributed by atoms with Crippen molar-refractivity contribution in [3.8, 4) is 0 Å². The van der Waals surface area contributed by atoms with Gasteiger partial charge in [-0.15, -0.1) is 0 Å². The molecule has 1 aromatic carbocycles. The first-order chi connectivity index (χ1) is 10.1. The van der Waals surface area contributed by atoms with Crippen LogP contribution in [0.4, 0.5) is 0 Å². The van der Waals surface area contributed by atoms with Gasteiger partial charge in [0, 0.05) is 13.0 Å². The number of nitrogens with zero attached hydrogens (tertiary/aromatic N) is 1. The van der Waals surface area contributed by atoms with Crippen molar-refractivity contribution in [2.24, 2.45) is 5.92 Å². The highest BCUT2D eigenvalue weighted by atomic mass is 16.5. The molecule has 114 valence electrons. The van der Waals surface area contributed by atoms with Gasteiger partial charge < -0.3 is 14.8 Å². The van der Waals surface area contributed by atoms with Crippen LogP contribution in [-0.2, 0) is 16.1 Å². The SMILES string of the molecule is COC(=O)CC1CCN(Cc2ccccc2B(O)O)CC1. The van der Waals surface area contributed by atoms with E-state index in [2.05, 4.69) is 4.90 Å². The molecule has 0 saturated carbocycles. The van der Waals surface area contributed by atoms with Gasteiger partial charge in [-0.1, -0.05) is 24.3 Å². The van der Waals surface area contributed by atoms with Crippen LogP contribution in [0.3, 0.4) is 0 Å². The van der Waals surface area contributed by atoms with Crippen LogP contribution in [0.5, 0.6) is 0 Å². The molecule has 0 atom stereocenters. The van der Waals surface area contributed by atoms with Gasteiger partial charge in [-0.3, -0.25) is 9.69 Å². The summed E-state index contributed by atoms with van der Waals surface area (Å²) < 4.78 is 4.71. The molecule has 1 heterocycles. The zero-order chi connectivity index (χ0) is 15.2. The second-order valence-corrected chi connectivity index (χ2v) is 5.57. The minimum Gasteiger partial charge on any atom is -0.469 e. The van der Waals surface area contributed by atoms with Crippen molar-refractivity contribution in [1.29, 1.82) is 0 Å². The van der Waals surface area contributed by atoms with E-state index in [1.807, 2.05) is 12.1 Å². The van der Waals surface area contributed by atoms with Crippen LogP contribution < -0.4 is 5.46 Å². The average molecular weight is 291 g/mol. The van der Waals surface area contributed by atoms with Crippen LogP contribution >= 0.6 is 0 Å². The Morgan fingerprint density at radius 3 is 2.62 bits per heavy atom. The van der Waals surface area contributed by atoms with Crippen LogP contribution in [0.1, 0.15) is 24.8 Å². The normalized spacial score (nSPS) is 16.7. The number of ether oxygens (including phenoxy) is 1. The lowest BCUT2D eigenvalue weighted by Crippen LogP contribution is -2.38. The summed E-state index contributed by atoms with van der Waals surface area (Å²) >= 11 is 0. The maximum Gasteiger partial charge on any atom is 0.488 e. The lowest BCUT2D eigenvalue weighted by molar-refractivity contribution is -0.142. The van der Waals surface area contributed by atoms with Gasteiger partial charge in [0.25, 0.3) is 0 Å². The molecule has 1 aromatic rings. The smallest absolute Gasteiger partial charge is 0.469 e. The average Bonchev–Trinajstić information content (AvgIpc) is 2.49. The van der Waals surface area contributed by atoms with Crippen LogP contribution in [0.2, 0.25) is 0 Å². The highest BCUT2D eigenvalue weighted by Crippen LogP contribution is 2.22. The summed E-state index contributed by atoms with van der Waals surface area (Å²) in [6.45, 7) is 2.54. The van der Waals surface area contributed by atoms with Gasteiger partial charge in [0.2, 0.25) is 0 Å². The van der Waals surface area contributed by atoms with Crippen molar-refractivity contribution in [1.82, 2.24) is 4.90 Å². The van der Waals surface area contributed by atoms with Gasteiger partial charge in [0.1, 0.15) is 0 Å². The number of carbonyl (C=O) groups is 1. The van der Waals surface area contributed by atoms with Crippen LogP contribution in [0.15, 0.2) is 24.3 Å². The number of esters is 1. The second kappa shape index (κ2) is 7.59. The fraction of sp³-hybridized carbons (Fsp3) is 0.533. The Morgan fingerprint density at radius 2 is 2.00 bits per heavy atom. The molecule has 1 fully saturated rings. The van der Waals surface area contributed by atoms with Crippen molar-refractivity contribution in [2.75, 3.05) is 20.2 Å². The molecular weight excluding hydrogens is 269 g/mol. The number of likely N-dealkylation sites (tertiary alicyclic amines) is 1. The molecule has 0 aliphatic carbocycles. The highest BCUT2D eigenvalue weighted by Gasteiger charge is 2.23. The van der Waals surface area contributed by atoms with E-state index in [-0.39, 0.29) is 5.97 Å². The van der Waals surface area contributed by atoms with E-state index in [0.29, 0.717) is 24.3 Å². The highest BCUT2D eigenvalue weighted by molar-refractivity contribution is 6.59. The molecule has 21 heavy (non-hydrogen) atoms. The zero-order valence-corrected chi connectivity index (χ0v) is 12.4. The fourth-order valence-corrected chi connectivity index (χ4v) is 2.84. The topological polar surface area (TPSA) is 70.0 Å². The number of rotatable bonds is 5. The minimum atomic E-state index is -1.43. The van der Waals surface area contributed by atoms with E-state index in [1.54, 1.807) is 12.1 Å². The van der Waals surface area contributed by atoms with Gasteiger partial charge >= 0.3 is 13.1 Å². The Hall–Kier alpha value is -1.37. The summed E-state index contributed by atoms with van der Waals surface area (Å²) in [6, 6.07) is 7.38. The predicted octanol–water partition coefficient (Wildman–Crippen LogP) is 0.141. The first kappa shape index (κ1) is 16.0. The van der Waals surface area contributed by atoms with E-state index in [9.17, 15) is 14.8 Å². The molecule has 1 aliphatic heterocycles. The molecule has 5 nitrogen and oxygen atoms in total. The molecule has 0 radical (unpaired) electrons. The molecule has 2 rings (SSSR count). The third kappa shape index (κ3) is 4.56. The van der Waals surface area contributed by atoms with E-state index < -0.39 is 7.12 Å². The van der Waals surface area contributed by atoms with Gasteiger partial charge in [0.15, 0.2) is 0 Å².